The molecule has 0 bridgehead atoms. The molecular weight excluding hydrogens is 901 g/mol. The zero-order chi connectivity index (χ0) is 52.9. The van der Waals surface area contributed by atoms with Crippen molar-refractivity contribution in [2.45, 2.75) is 284 Å². The topological polar surface area (TPSA) is 78.9 Å². The number of ether oxygens (including phenoxy) is 3. The van der Waals surface area contributed by atoms with Gasteiger partial charge in [0, 0.05) is 19.3 Å². The Morgan fingerprint density at radius 1 is 0.288 bits per heavy atom. The van der Waals surface area contributed by atoms with E-state index in [1.165, 1.54) is 148 Å². The van der Waals surface area contributed by atoms with Crippen LogP contribution in [0.1, 0.15) is 278 Å². The maximum Gasteiger partial charge on any atom is 0.306 e. The highest BCUT2D eigenvalue weighted by Gasteiger charge is 2.19. The number of unbranched alkanes of at least 4 members (excludes halogenated alkanes) is 25. The van der Waals surface area contributed by atoms with Crippen LogP contribution in [-0.4, -0.2) is 37.2 Å². The number of carbonyl (C=O) groups excluding carboxylic acids is 3. The number of carbonyl (C=O) groups is 3. The highest BCUT2D eigenvalue weighted by atomic mass is 16.6. The van der Waals surface area contributed by atoms with E-state index in [1.807, 2.05) is 12.2 Å². The molecule has 0 aliphatic rings. The van der Waals surface area contributed by atoms with Crippen LogP contribution in [0.4, 0.5) is 0 Å². The highest BCUT2D eigenvalue weighted by molar-refractivity contribution is 5.71. The quantitative estimate of drug-likeness (QED) is 0.0261. The predicted octanol–water partition coefficient (Wildman–Crippen LogP) is 20.7. The Balaban J connectivity index is 4.55. The first-order chi connectivity index (χ1) is 36.0. The summed E-state index contributed by atoms with van der Waals surface area (Å²) in [4.78, 5) is 38.2. The Bertz CT molecular complexity index is 1490. The summed E-state index contributed by atoms with van der Waals surface area (Å²) in [5.41, 5.74) is 0. The van der Waals surface area contributed by atoms with Gasteiger partial charge in [-0.25, -0.2) is 0 Å². The summed E-state index contributed by atoms with van der Waals surface area (Å²) in [7, 11) is 0. The van der Waals surface area contributed by atoms with Gasteiger partial charge in [0.15, 0.2) is 6.10 Å². The molecule has 73 heavy (non-hydrogen) atoms. The van der Waals surface area contributed by atoms with Gasteiger partial charge in [-0.05, 0) is 89.9 Å². The molecule has 0 aromatic rings. The van der Waals surface area contributed by atoms with Crippen LogP contribution < -0.4 is 0 Å². The van der Waals surface area contributed by atoms with Gasteiger partial charge < -0.3 is 14.2 Å². The van der Waals surface area contributed by atoms with E-state index in [2.05, 4.69) is 118 Å². The molecule has 0 fully saturated rings. The van der Waals surface area contributed by atoms with Gasteiger partial charge in [0.2, 0.25) is 0 Å². The lowest BCUT2D eigenvalue weighted by Gasteiger charge is -2.18. The first kappa shape index (κ1) is 69.1. The molecule has 0 aliphatic carbocycles. The van der Waals surface area contributed by atoms with Crippen molar-refractivity contribution in [3.8, 4) is 0 Å². The van der Waals surface area contributed by atoms with Crippen LogP contribution in [0.3, 0.4) is 0 Å². The Morgan fingerprint density at radius 2 is 0.575 bits per heavy atom. The second-order valence-corrected chi connectivity index (χ2v) is 19.9. The van der Waals surface area contributed by atoms with Gasteiger partial charge in [0.25, 0.3) is 0 Å². The lowest BCUT2D eigenvalue weighted by atomic mass is 10.0. The Hall–Kier alpha value is -3.93. The van der Waals surface area contributed by atoms with Crippen molar-refractivity contribution in [3.05, 3.63) is 109 Å². The number of allylic oxidation sites excluding steroid dienone is 18. The summed E-state index contributed by atoms with van der Waals surface area (Å²) in [6, 6.07) is 0. The molecule has 0 spiro atoms. The summed E-state index contributed by atoms with van der Waals surface area (Å²) in [5.74, 6) is -1.06. The molecule has 0 heterocycles. The summed E-state index contributed by atoms with van der Waals surface area (Å²) in [6.45, 7) is 6.43. The molecule has 0 aromatic carbocycles. The third kappa shape index (κ3) is 58.8. The van der Waals surface area contributed by atoms with Crippen LogP contribution in [0.15, 0.2) is 109 Å². The molecule has 0 aromatic heterocycles. The van der Waals surface area contributed by atoms with Crippen LogP contribution in [-0.2, 0) is 28.6 Å². The molecule has 416 valence electrons. The monoisotopic (exact) mass is 1010 g/mol. The average molecular weight is 1010 g/mol. The van der Waals surface area contributed by atoms with Crippen molar-refractivity contribution in [2.75, 3.05) is 13.2 Å². The largest absolute Gasteiger partial charge is 0.462 e. The highest BCUT2D eigenvalue weighted by Crippen LogP contribution is 2.16. The molecule has 6 heteroatoms. The zero-order valence-electron chi connectivity index (χ0n) is 47.6. The number of rotatable bonds is 54. The first-order valence-corrected chi connectivity index (χ1v) is 30.4. The van der Waals surface area contributed by atoms with E-state index < -0.39 is 12.1 Å². The standard InChI is InChI=1S/C67H112O6/c1-4-7-10-13-16-19-22-25-28-31-33-36-39-42-45-48-51-54-57-60-66(69)72-63-64(62-71-65(68)59-56-53-50-47-44-41-38-35-30-27-24-21-18-15-12-9-6-3)73-67(70)61-58-55-52-49-46-43-40-37-34-32-29-26-23-20-17-14-11-8-5-2/h8,11,17,20,26-27,29-30,34,37-38,41,43,46-47,50,52,55,64H,4-7,9-10,12-16,18-19,21-25,28,31-33,35-36,39-40,42,44-45,48-49,51,53-54,56-63H2,1-3H3/b11-8-,20-17-,29-26-,30-27-,37-34-,41-38-,46-43-,50-47-,55-52-/t64-/m1/s1. The molecule has 0 amide bonds. The number of esters is 3. The molecule has 0 rings (SSSR count). The lowest BCUT2D eigenvalue weighted by Crippen LogP contribution is -2.30. The molecule has 0 saturated heterocycles. The van der Waals surface area contributed by atoms with Gasteiger partial charge in [-0.1, -0.05) is 278 Å². The maximum absolute atomic E-state index is 12.8. The zero-order valence-corrected chi connectivity index (χ0v) is 47.6. The Labute approximate surface area is 450 Å². The van der Waals surface area contributed by atoms with Gasteiger partial charge in [-0.2, -0.15) is 0 Å². The van der Waals surface area contributed by atoms with E-state index in [-0.39, 0.29) is 38.0 Å². The molecule has 0 radical (unpaired) electrons. The van der Waals surface area contributed by atoms with Crippen molar-refractivity contribution < 1.29 is 28.6 Å². The third-order valence-corrected chi connectivity index (χ3v) is 12.8. The van der Waals surface area contributed by atoms with Crippen molar-refractivity contribution >= 4 is 17.9 Å². The molecule has 0 saturated carbocycles. The van der Waals surface area contributed by atoms with Crippen molar-refractivity contribution in [1.82, 2.24) is 0 Å². The Kier molecular flexibility index (Phi) is 57.4. The van der Waals surface area contributed by atoms with Crippen LogP contribution in [0.25, 0.3) is 0 Å². The van der Waals surface area contributed by atoms with Crippen LogP contribution in [0.5, 0.6) is 0 Å². The molecule has 1 atom stereocenters. The van der Waals surface area contributed by atoms with Crippen LogP contribution >= 0.6 is 0 Å². The van der Waals surface area contributed by atoms with E-state index in [9.17, 15) is 14.4 Å². The smallest absolute Gasteiger partial charge is 0.306 e. The summed E-state index contributed by atoms with van der Waals surface area (Å²) in [5, 5.41) is 0. The van der Waals surface area contributed by atoms with Crippen molar-refractivity contribution in [2.24, 2.45) is 0 Å². The van der Waals surface area contributed by atoms with Gasteiger partial charge in [0.1, 0.15) is 13.2 Å². The Morgan fingerprint density at radius 3 is 0.945 bits per heavy atom. The second-order valence-electron chi connectivity index (χ2n) is 19.9. The fourth-order valence-corrected chi connectivity index (χ4v) is 8.25. The van der Waals surface area contributed by atoms with E-state index in [0.717, 1.165) is 77.0 Å². The number of hydrogen-bond donors (Lipinski definition) is 0. The fraction of sp³-hybridized carbons (Fsp3) is 0.687. The van der Waals surface area contributed by atoms with E-state index in [4.69, 9.17) is 14.2 Å². The number of hydrogen-bond acceptors (Lipinski definition) is 6. The third-order valence-electron chi connectivity index (χ3n) is 12.8. The lowest BCUT2D eigenvalue weighted by molar-refractivity contribution is -0.166. The van der Waals surface area contributed by atoms with Gasteiger partial charge in [0.05, 0.1) is 0 Å². The normalized spacial score (nSPS) is 12.9. The van der Waals surface area contributed by atoms with Crippen LogP contribution in [0.2, 0.25) is 0 Å². The first-order valence-electron chi connectivity index (χ1n) is 30.4. The summed E-state index contributed by atoms with van der Waals surface area (Å²) >= 11 is 0. The molecule has 0 N–H and O–H groups in total. The van der Waals surface area contributed by atoms with E-state index in [1.54, 1.807) is 0 Å². The van der Waals surface area contributed by atoms with Crippen molar-refractivity contribution in [1.29, 1.82) is 0 Å². The minimum Gasteiger partial charge on any atom is -0.462 e. The molecule has 6 nitrogen and oxygen atoms in total. The molecular formula is C67H112O6. The summed E-state index contributed by atoms with van der Waals surface area (Å²) < 4.78 is 16.8. The van der Waals surface area contributed by atoms with Crippen LogP contribution in [0, 0.1) is 0 Å². The summed E-state index contributed by atoms with van der Waals surface area (Å²) in [6.07, 6.45) is 82.5. The van der Waals surface area contributed by atoms with Gasteiger partial charge >= 0.3 is 17.9 Å². The fourth-order valence-electron chi connectivity index (χ4n) is 8.25. The predicted molar refractivity (Wildman–Crippen MR) is 316 cm³/mol. The van der Waals surface area contributed by atoms with Gasteiger partial charge in [-0.15, -0.1) is 0 Å². The minimum absolute atomic E-state index is 0.123. The van der Waals surface area contributed by atoms with Crippen molar-refractivity contribution in [3.63, 3.8) is 0 Å². The maximum atomic E-state index is 12.8. The van der Waals surface area contributed by atoms with Gasteiger partial charge in [-0.3, -0.25) is 14.4 Å². The second kappa shape index (κ2) is 60.6. The molecule has 0 aliphatic heterocycles. The SMILES string of the molecule is CC/C=C\C/C=C\C/C=C\C/C=C\C/C=C\C/C=C\CCC(=O)O[C@H](COC(=O)CCC/C=C\C/C=C\C/C=C\CCCCCCCC)COC(=O)CCCCCCCCCCCCCCCCCCCCC. The van der Waals surface area contributed by atoms with E-state index in [0.29, 0.717) is 19.3 Å². The average Bonchev–Trinajstić information content (AvgIpc) is 3.39. The molecule has 0 unspecified atom stereocenters. The van der Waals surface area contributed by atoms with E-state index >= 15 is 0 Å². The minimum atomic E-state index is -0.840.